The van der Waals surface area contributed by atoms with Crippen molar-refractivity contribution >= 4 is 29.9 Å². The van der Waals surface area contributed by atoms with Crippen LogP contribution in [0.1, 0.15) is 47.0 Å². The van der Waals surface area contributed by atoms with Crippen LogP contribution in [0.2, 0.25) is 0 Å². The lowest BCUT2D eigenvalue weighted by molar-refractivity contribution is 0.177. The van der Waals surface area contributed by atoms with Crippen LogP contribution in [0.25, 0.3) is 0 Å². The molecule has 3 N–H and O–H groups in total. The number of nitrogens with zero attached hydrogens (tertiary/aromatic N) is 2. The van der Waals surface area contributed by atoms with E-state index in [0.717, 1.165) is 24.9 Å². The Morgan fingerprint density at radius 3 is 2.33 bits per heavy atom. The van der Waals surface area contributed by atoms with Gasteiger partial charge in [0.1, 0.15) is 0 Å². The molecule has 0 atom stereocenters. The normalized spacial score (nSPS) is 18.1. The quantitative estimate of drug-likeness (QED) is 0.386. The number of rotatable bonds is 7. The van der Waals surface area contributed by atoms with E-state index in [1.54, 1.807) is 0 Å². The van der Waals surface area contributed by atoms with Crippen molar-refractivity contribution in [3.63, 3.8) is 0 Å². The summed E-state index contributed by atoms with van der Waals surface area (Å²) in [6.45, 7) is 14.4. The molecule has 0 spiro atoms. The molecule has 4 nitrogen and oxygen atoms in total. The molecule has 1 aliphatic rings. The summed E-state index contributed by atoms with van der Waals surface area (Å²) in [5.41, 5.74) is 5.88. The summed E-state index contributed by atoms with van der Waals surface area (Å²) in [7, 11) is 0. The lowest BCUT2D eigenvalue weighted by Gasteiger charge is -2.32. The lowest BCUT2D eigenvalue weighted by atomic mass is 9.96. The fourth-order valence-electron chi connectivity index (χ4n) is 2.44. The van der Waals surface area contributed by atoms with Gasteiger partial charge in [-0.2, -0.15) is 0 Å². The minimum absolute atomic E-state index is 0. The van der Waals surface area contributed by atoms with E-state index in [1.165, 1.54) is 38.9 Å². The molecule has 0 radical (unpaired) electrons. The van der Waals surface area contributed by atoms with Crippen molar-refractivity contribution in [3.05, 3.63) is 0 Å². The van der Waals surface area contributed by atoms with Crippen molar-refractivity contribution in [2.75, 3.05) is 32.7 Å². The van der Waals surface area contributed by atoms with E-state index < -0.39 is 0 Å². The molecule has 1 saturated heterocycles. The second-order valence-electron chi connectivity index (χ2n) is 6.97. The first kappa shape index (κ1) is 21.0. The molecular formula is C16H35IN4. The Labute approximate surface area is 148 Å². The van der Waals surface area contributed by atoms with E-state index in [4.69, 9.17) is 5.73 Å². The minimum Gasteiger partial charge on any atom is -0.370 e. The fourth-order valence-corrected chi connectivity index (χ4v) is 2.44. The van der Waals surface area contributed by atoms with Crippen LogP contribution in [0.3, 0.4) is 0 Å². The van der Waals surface area contributed by atoms with Crippen molar-refractivity contribution in [1.29, 1.82) is 0 Å². The Bertz CT molecular complexity index is 284. The largest absolute Gasteiger partial charge is 0.370 e. The topological polar surface area (TPSA) is 53.6 Å². The van der Waals surface area contributed by atoms with Crippen LogP contribution in [0.15, 0.2) is 4.99 Å². The second-order valence-corrected chi connectivity index (χ2v) is 6.97. The van der Waals surface area contributed by atoms with E-state index in [-0.39, 0.29) is 24.0 Å². The zero-order chi connectivity index (χ0) is 15.0. The Morgan fingerprint density at radius 2 is 1.81 bits per heavy atom. The molecule has 0 saturated carbocycles. The summed E-state index contributed by atoms with van der Waals surface area (Å²) in [4.78, 5) is 6.95. The average molecular weight is 410 g/mol. The van der Waals surface area contributed by atoms with Gasteiger partial charge in [0.25, 0.3) is 0 Å². The van der Waals surface area contributed by atoms with Crippen LogP contribution < -0.4 is 11.1 Å². The molecule has 0 aromatic carbocycles. The van der Waals surface area contributed by atoms with Crippen molar-refractivity contribution in [2.45, 2.75) is 47.0 Å². The molecule has 1 fully saturated rings. The monoisotopic (exact) mass is 410 g/mol. The summed E-state index contributed by atoms with van der Waals surface area (Å²) >= 11 is 0. The Morgan fingerprint density at radius 1 is 1.19 bits per heavy atom. The highest BCUT2D eigenvalue weighted by Crippen LogP contribution is 2.17. The van der Waals surface area contributed by atoms with Gasteiger partial charge in [-0.25, -0.2) is 0 Å². The van der Waals surface area contributed by atoms with Crippen molar-refractivity contribution < 1.29 is 0 Å². The van der Waals surface area contributed by atoms with Crippen molar-refractivity contribution in [3.8, 4) is 0 Å². The first-order valence-electron chi connectivity index (χ1n) is 8.23. The number of halogens is 1. The van der Waals surface area contributed by atoms with E-state index in [9.17, 15) is 0 Å². The van der Waals surface area contributed by atoms with Gasteiger partial charge in [-0.3, -0.25) is 4.99 Å². The Balaban J connectivity index is 0.00000400. The van der Waals surface area contributed by atoms with Crippen molar-refractivity contribution in [2.24, 2.45) is 28.5 Å². The van der Waals surface area contributed by atoms with Crippen LogP contribution in [-0.2, 0) is 0 Å². The second kappa shape index (κ2) is 11.5. The number of hydrogen-bond acceptors (Lipinski definition) is 2. The molecule has 0 unspecified atom stereocenters. The molecule has 0 aliphatic carbocycles. The van der Waals surface area contributed by atoms with Gasteiger partial charge in [0, 0.05) is 13.1 Å². The third-order valence-electron chi connectivity index (χ3n) is 3.93. The van der Waals surface area contributed by atoms with Gasteiger partial charge in [0.15, 0.2) is 5.96 Å². The number of nitrogens with one attached hydrogen (secondary N) is 1. The predicted molar refractivity (Wildman–Crippen MR) is 103 cm³/mol. The van der Waals surface area contributed by atoms with Gasteiger partial charge in [-0.15, -0.1) is 24.0 Å². The number of likely N-dealkylation sites (tertiary alicyclic amines) is 1. The van der Waals surface area contributed by atoms with Crippen molar-refractivity contribution in [1.82, 2.24) is 10.2 Å². The maximum Gasteiger partial charge on any atom is 0.188 e. The molecule has 126 valence electrons. The Kier molecular flexibility index (Phi) is 11.5. The number of aliphatic imine (C=N–C) groups is 1. The highest BCUT2D eigenvalue weighted by molar-refractivity contribution is 14.0. The summed E-state index contributed by atoms with van der Waals surface area (Å²) in [6, 6.07) is 0. The first-order chi connectivity index (χ1) is 9.47. The zero-order valence-corrected chi connectivity index (χ0v) is 16.6. The van der Waals surface area contributed by atoms with E-state index in [1.807, 2.05) is 0 Å². The molecule has 0 bridgehead atoms. The number of guanidine groups is 1. The third kappa shape index (κ3) is 10.3. The average Bonchev–Trinajstić information content (AvgIpc) is 2.41. The van der Waals surface area contributed by atoms with Gasteiger partial charge >= 0.3 is 0 Å². The molecule has 5 heteroatoms. The maximum atomic E-state index is 5.88. The standard InChI is InChI=1S/C16H34N4.HI/c1-13(2)5-8-20-9-6-15(7-10-20)12-19-16(17)18-11-14(3)4;/h13-15H,5-12H2,1-4H3,(H3,17,18,19);1H. The highest BCUT2D eigenvalue weighted by atomic mass is 127. The third-order valence-corrected chi connectivity index (χ3v) is 3.93. The SMILES string of the molecule is CC(C)CCN1CCC(CNC(N)=NCC(C)C)CC1.I. The number of piperidine rings is 1. The summed E-state index contributed by atoms with van der Waals surface area (Å²) in [5, 5.41) is 3.28. The van der Waals surface area contributed by atoms with Gasteiger partial charge in [-0.05, 0) is 56.7 Å². The molecule has 0 aromatic heterocycles. The number of hydrogen-bond donors (Lipinski definition) is 2. The maximum absolute atomic E-state index is 5.88. The van der Waals surface area contributed by atoms with Crippen LogP contribution in [0.4, 0.5) is 0 Å². The smallest absolute Gasteiger partial charge is 0.188 e. The lowest BCUT2D eigenvalue weighted by Crippen LogP contribution is -2.41. The Hall–Kier alpha value is -0.0400. The molecule has 1 aliphatic heterocycles. The van der Waals surface area contributed by atoms with Gasteiger partial charge in [0.05, 0.1) is 0 Å². The molecular weight excluding hydrogens is 375 g/mol. The predicted octanol–water partition coefficient (Wildman–Crippen LogP) is 2.92. The van der Waals surface area contributed by atoms with E-state index >= 15 is 0 Å². The molecule has 0 amide bonds. The molecule has 1 heterocycles. The first-order valence-corrected chi connectivity index (χ1v) is 8.23. The minimum atomic E-state index is 0. The van der Waals surface area contributed by atoms with E-state index in [0.29, 0.717) is 11.9 Å². The number of nitrogens with two attached hydrogens (primary N) is 1. The molecule has 21 heavy (non-hydrogen) atoms. The summed E-state index contributed by atoms with van der Waals surface area (Å²) in [6.07, 6.45) is 3.88. The van der Waals surface area contributed by atoms with Gasteiger partial charge in [0.2, 0.25) is 0 Å². The molecule has 0 aromatic rings. The van der Waals surface area contributed by atoms with Gasteiger partial charge in [-0.1, -0.05) is 27.7 Å². The van der Waals surface area contributed by atoms with Crippen LogP contribution in [0.5, 0.6) is 0 Å². The van der Waals surface area contributed by atoms with E-state index in [2.05, 4.69) is 42.9 Å². The van der Waals surface area contributed by atoms with Crippen LogP contribution in [-0.4, -0.2) is 43.6 Å². The summed E-state index contributed by atoms with van der Waals surface area (Å²) in [5.74, 6) is 2.74. The highest BCUT2D eigenvalue weighted by Gasteiger charge is 2.18. The fraction of sp³-hybridized carbons (Fsp3) is 0.938. The van der Waals surface area contributed by atoms with Crippen LogP contribution in [0, 0.1) is 17.8 Å². The van der Waals surface area contributed by atoms with Crippen LogP contribution >= 0.6 is 24.0 Å². The molecule has 1 rings (SSSR count). The summed E-state index contributed by atoms with van der Waals surface area (Å²) < 4.78 is 0. The zero-order valence-electron chi connectivity index (χ0n) is 14.3. The van der Waals surface area contributed by atoms with Gasteiger partial charge < -0.3 is 16.0 Å².